The third kappa shape index (κ3) is 6.10. The van der Waals surface area contributed by atoms with Crippen LogP contribution in [0.3, 0.4) is 0 Å². The Hall–Kier alpha value is -1.75. The maximum Gasteiger partial charge on any atom is 0.336 e. The van der Waals surface area contributed by atoms with Gasteiger partial charge in [-0.05, 0) is 63.0 Å². The van der Waals surface area contributed by atoms with Gasteiger partial charge in [0.1, 0.15) is 0 Å². The standard InChI is InChI=1S/C18H31N3O2/c1-3-5-11-21(12-6-4-2)13-7-8-14-15(18(22)23)9-10-16(19)17(14)20/h9-10H,3-8,11-13,19-20H2,1-2H3,(H,22,23). The fourth-order valence-corrected chi connectivity index (χ4v) is 2.73. The molecule has 0 saturated heterocycles. The van der Waals surface area contributed by atoms with Crippen molar-refractivity contribution in [2.24, 2.45) is 0 Å². The Morgan fingerprint density at radius 3 is 2.13 bits per heavy atom. The number of anilines is 2. The molecule has 5 nitrogen and oxygen atoms in total. The minimum atomic E-state index is -0.944. The predicted octanol–water partition coefficient (Wildman–Crippen LogP) is 3.38. The smallest absolute Gasteiger partial charge is 0.336 e. The molecule has 0 spiro atoms. The lowest BCUT2D eigenvalue weighted by Crippen LogP contribution is -2.27. The lowest BCUT2D eigenvalue weighted by Gasteiger charge is -2.22. The van der Waals surface area contributed by atoms with Gasteiger partial charge in [0.25, 0.3) is 0 Å². The molecule has 0 aromatic heterocycles. The second-order valence-electron chi connectivity index (χ2n) is 6.05. The van der Waals surface area contributed by atoms with E-state index in [0.717, 1.165) is 26.1 Å². The third-order valence-corrected chi connectivity index (χ3v) is 4.18. The van der Waals surface area contributed by atoms with Crippen LogP contribution in [-0.4, -0.2) is 35.6 Å². The minimum Gasteiger partial charge on any atom is -0.478 e. The highest BCUT2D eigenvalue weighted by atomic mass is 16.4. The van der Waals surface area contributed by atoms with Crippen molar-refractivity contribution in [2.45, 2.75) is 52.4 Å². The number of carboxylic acid groups (broad SMARTS) is 1. The van der Waals surface area contributed by atoms with Crippen LogP contribution in [0.25, 0.3) is 0 Å². The number of benzene rings is 1. The molecular formula is C18H31N3O2. The van der Waals surface area contributed by atoms with Gasteiger partial charge in [-0.1, -0.05) is 26.7 Å². The topological polar surface area (TPSA) is 92.6 Å². The molecule has 0 radical (unpaired) electrons. The summed E-state index contributed by atoms with van der Waals surface area (Å²) < 4.78 is 0. The number of rotatable bonds is 11. The van der Waals surface area contributed by atoms with Crippen LogP contribution in [0.2, 0.25) is 0 Å². The molecule has 0 aliphatic heterocycles. The second kappa shape index (κ2) is 10.1. The maximum absolute atomic E-state index is 11.4. The van der Waals surface area contributed by atoms with Crippen LogP contribution in [0.15, 0.2) is 12.1 Å². The van der Waals surface area contributed by atoms with E-state index in [1.54, 1.807) is 12.1 Å². The van der Waals surface area contributed by atoms with Crippen molar-refractivity contribution in [3.63, 3.8) is 0 Å². The van der Waals surface area contributed by atoms with Gasteiger partial charge >= 0.3 is 5.97 Å². The van der Waals surface area contributed by atoms with E-state index in [1.807, 2.05) is 0 Å². The second-order valence-corrected chi connectivity index (χ2v) is 6.05. The number of carbonyl (C=O) groups is 1. The summed E-state index contributed by atoms with van der Waals surface area (Å²) in [5, 5.41) is 9.31. The summed E-state index contributed by atoms with van der Waals surface area (Å²) in [4.78, 5) is 13.8. The SMILES string of the molecule is CCCCN(CCCC)CCCc1c(C(=O)O)ccc(N)c1N. The highest BCUT2D eigenvalue weighted by Crippen LogP contribution is 2.25. The number of nitrogens with zero attached hydrogens (tertiary/aromatic N) is 1. The summed E-state index contributed by atoms with van der Waals surface area (Å²) >= 11 is 0. The number of carboxylic acids is 1. The summed E-state index contributed by atoms with van der Waals surface area (Å²) in [6.07, 6.45) is 6.31. The first kappa shape index (κ1) is 19.3. The summed E-state index contributed by atoms with van der Waals surface area (Å²) in [6.45, 7) is 7.58. The van der Waals surface area contributed by atoms with Gasteiger partial charge in [-0.25, -0.2) is 4.79 Å². The van der Waals surface area contributed by atoms with Crippen LogP contribution < -0.4 is 11.5 Å². The van der Waals surface area contributed by atoms with E-state index in [1.165, 1.54) is 25.7 Å². The molecule has 0 heterocycles. The quantitative estimate of drug-likeness (QED) is 0.543. The van der Waals surface area contributed by atoms with Crippen molar-refractivity contribution < 1.29 is 9.90 Å². The minimum absolute atomic E-state index is 0.269. The van der Waals surface area contributed by atoms with Crippen LogP contribution in [0.4, 0.5) is 11.4 Å². The van der Waals surface area contributed by atoms with Crippen LogP contribution in [-0.2, 0) is 6.42 Å². The number of nitrogens with two attached hydrogens (primary N) is 2. The average molecular weight is 321 g/mol. The molecule has 0 aliphatic carbocycles. The Bertz CT molecular complexity index is 495. The maximum atomic E-state index is 11.4. The number of hydrogen-bond acceptors (Lipinski definition) is 4. The van der Waals surface area contributed by atoms with Gasteiger partial charge < -0.3 is 21.5 Å². The summed E-state index contributed by atoms with van der Waals surface area (Å²) in [5.74, 6) is -0.944. The molecule has 0 aliphatic rings. The van der Waals surface area contributed by atoms with Gasteiger partial charge in [-0.2, -0.15) is 0 Å². The van der Waals surface area contributed by atoms with Gasteiger partial charge in [0, 0.05) is 0 Å². The Balaban J connectivity index is 2.68. The summed E-state index contributed by atoms with van der Waals surface area (Å²) in [5.41, 5.74) is 13.6. The van der Waals surface area contributed by atoms with E-state index in [0.29, 0.717) is 23.4 Å². The highest BCUT2D eigenvalue weighted by molar-refractivity contribution is 5.93. The molecule has 5 N–H and O–H groups in total. The lowest BCUT2D eigenvalue weighted by molar-refractivity contribution is 0.0695. The Morgan fingerprint density at radius 2 is 1.61 bits per heavy atom. The Morgan fingerprint density at radius 1 is 1.04 bits per heavy atom. The first-order valence-corrected chi connectivity index (χ1v) is 8.63. The first-order valence-electron chi connectivity index (χ1n) is 8.63. The first-order chi connectivity index (χ1) is 11.0. The summed E-state index contributed by atoms with van der Waals surface area (Å²) in [7, 11) is 0. The van der Waals surface area contributed by atoms with Gasteiger partial charge in [0.2, 0.25) is 0 Å². The molecule has 1 rings (SSSR count). The fourth-order valence-electron chi connectivity index (χ4n) is 2.73. The molecule has 0 saturated carbocycles. The molecule has 130 valence electrons. The number of unbranched alkanes of at least 4 members (excludes halogenated alkanes) is 2. The Labute approximate surface area is 139 Å². The van der Waals surface area contributed by atoms with Crippen molar-refractivity contribution in [3.8, 4) is 0 Å². The fraction of sp³-hybridized carbons (Fsp3) is 0.611. The number of aromatic carboxylic acids is 1. The average Bonchev–Trinajstić information content (AvgIpc) is 2.53. The number of nitrogen functional groups attached to an aromatic ring is 2. The van der Waals surface area contributed by atoms with E-state index >= 15 is 0 Å². The van der Waals surface area contributed by atoms with Gasteiger partial charge in [0.05, 0.1) is 16.9 Å². The van der Waals surface area contributed by atoms with E-state index in [4.69, 9.17) is 11.5 Å². The van der Waals surface area contributed by atoms with Crippen molar-refractivity contribution >= 4 is 17.3 Å². The van der Waals surface area contributed by atoms with Crippen molar-refractivity contribution in [2.75, 3.05) is 31.1 Å². The van der Waals surface area contributed by atoms with Gasteiger partial charge in [-0.15, -0.1) is 0 Å². The highest BCUT2D eigenvalue weighted by Gasteiger charge is 2.15. The van der Waals surface area contributed by atoms with Crippen LogP contribution >= 0.6 is 0 Å². The molecular weight excluding hydrogens is 290 g/mol. The van der Waals surface area contributed by atoms with Crippen molar-refractivity contribution in [1.29, 1.82) is 0 Å². The van der Waals surface area contributed by atoms with Crippen LogP contribution in [0.5, 0.6) is 0 Å². The molecule has 0 unspecified atom stereocenters. The van der Waals surface area contributed by atoms with Crippen LogP contribution in [0, 0.1) is 0 Å². The van der Waals surface area contributed by atoms with E-state index < -0.39 is 5.97 Å². The number of hydrogen-bond donors (Lipinski definition) is 3. The van der Waals surface area contributed by atoms with Crippen molar-refractivity contribution in [3.05, 3.63) is 23.3 Å². The monoisotopic (exact) mass is 321 g/mol. The molecule has 0 bridgehead atoms. The van der Waals surface area contributed by atoms with E-state index in [2.05, 4.69) is 18.7 Å². The zero-order chi connectivity index (χ0) is 17.2. The zero-order valence-electron chi connectivity index (χ0n) is 14.5. The van der Waals surface area contributed by atoms with Gasteiger partial charge in [0.15, 0.2) is 0 Å². The third-order valence-electron chi connectivity index (χ3n) is 4.18. The predicted molar refractivity (Wildman–Crippen MR) is 96.8 cm³/mol. The molecule has 0 fully saturated rings. The molecule has 23 heavy (non-hydrogen) atoms. The molecule has 1 aromatic carbocycles. The van der Waals surface area contributed by atoms with Gasteiger partial charge in [-0.3, -0.25) is 0 Å². The largest absolute Gasteiger partial charge is 0.478 e. The normalized spacial score (nSPS) is 11.1. The van der Waals surface area contributed by atoms with E-state index in [-0.39, 0.29) is 5.56 Å². The Kier molecular flexibility index (Phi) is 8.48. The molecule has 0 atom stereocenters. The summed E-state index contributed by atoms with van der Waals surface area (Å²) in [6, 6.07) is 3.12. The molecule has 5 heteroatoms. The lowest BCUT2D eigenvalue weighted by atomic mass is 9.99. The van der Waals surface area contributed by atoms with Crippen LogP contribution in [0.1, 0.15) is 61.9 Å². The molecule has 1 aromatic rings. The molecule has 0 amide bonds. The zero-order valence-corrected chi connectivity index (χ0v) is 14.5. The van der Waals surface area contributed by atoms with Crippen molar-refractivity contribution in [1.82, 2.24) is 4.90 Å². The van der Waals surface area contributed by atoms with E-state index in [9.17, 15) is 9.90 Å².